The molecule has 0 unspecified atom stereocenters. The van der Waals surface area contributed by atoms with Crippen LogP contribution in [0.2, 0.25) is 0 Å². The first-order chi connectivity index (χ1) is 20.9. The number of nitrogens with zero attached hydrogens (tertiary/aromatic N) is 2. The number of ether oxygens (including phenoxy) is 6. The van der Waals surface area contributed by atoms with E-state index in [-0.39, 0.29) is 35.3 Å². The van der Waals surface area contributed by atoms with Gasteiger partial charge >= 0.3 is 11.9 Å². The van der Waals surface area contributed by atoms with Gasteiger partial charge in [-0.1, -0.05) is 27.7 Å². The Hall–Kier alpha value is -4.96. The second kappa shape index (κ2) is 12.3. The largest absolute Gasteiger partial charge is 0.493 e. The van der Waals surface area contributed by atoms with E-state index < -0.39 is 11.9 Å². The summed E-state index contributed by atoms with van der Waals surface area (Å²) in [6.45, 7) is 15.2. The van der Waals surface area contributed by atoms with Crippen LogP contribution in [0, 0.1) is 17.9 Å². The lowest BCUT2D eigenvalue weighted by Crippen LogP contribution is -2.17. The lowest BCUT2D eigenvalue weighted by Gasteiger charge is -2.20. The third-order valence-corrected chi connectivity index (χ3v) is 8.15. The number of hydrogen-bond acceptors (Lipinski definition) is 9. The van der Waals surface area contributed by atoms with E-state index in [4.69, 9.17) is 35.0 Å². The van der Waals surface area contributed by atoms with Crippen LogP contribution in [-0.2, 0) is 29.9 Å². The number of esters is 2. The number of carbonyl (C=O) groups is 2. The van der Waals surface area contributed by atoms with Crippen LogP contribution in [0.25, 0.3) is 16.0 Å². The average Bonchev–Trinajstić information content (AvgIpc) is 3.41. The summed E-state index contributed by atoms with van der Waals surface area (Å²) in [5.41, 5.74) is 3.38. The van der Waals surface area contributed by atoms with E-state index in [1.807, 2.05) is 45.9 Å². The summed E-state index contributed by atoms with van der Waals surface area (Å²) in [5.74, 6) is 0.434. The lowest BCUT2D eigenvalue weighted by molar-refractivity contribution is -0.146. The van der Waals surface area contributed by atoms with Gasteiger partial charge in [-0.2, -0.15) is 5.26 Å². The van der Waals surface area contributed by atoms with Crippen LogP contribution in [0.3, 0.4) is 0 Å². The predicted molar refractivity (Wildman–Crippen MR) is 162 cm³/mol. The number of allylic oxidation sites excluding steroid dienone is 2. The van der Waals surface area contributed by atoms with Crippen LogP contribution in [0.15, 0.2) is 35.5 Å². The molecule has 0 saturated heterocycles. The summed E-state index contributed by atoms with van der Waals surface area (Å²) in [7, 11) is 6.14. The molecule has 0 heterocycles. The maximum Gasteiger partial charge on any atom is 0.349 e. The minimum absolute atomic E-state index is 0.131. The summed E-state index contributed by atoms with van der Waals surface area (Å²) in [6, 6.07) is 9.25. The van der Waals surface area contributed by atoms with E-state index in [9.17, 15) is 14.9 Å². The minimum Gasteiger partial charge on any atom is -0.493 e. The highest BCUT2D eigenvalue weighted by molar-refractivity contribution is 6.03. The Kier molecular flexibility index (Phi) is 8.96. The third kappa shape index (κ3) is 5.68. The van der Waals surface area contributed by atoms with Gasteiger partial charge in [-0.15, -0.1) is 0 Å². The molecule has 0 aromatic heterocycles. The van der Waals surface area contributed by atoms with Crippen molar-refractivity contribution in [3.8, 4) is 29.1 Å². The molecular formula is C34H36N2O8. The van der Waals surface area contributed by atoms with Crippen LogP contribution in [0.4, 0.5) is 0 Å². The second-order valence-corrected chi connectivity index (χ2v) is 11.8. The minimum atomic E-state index is -0.826. The van der Waals surface area contributed by atoms with Crippen LogP contribution < -0.4 is 18.9 Å². The number of rotatable bonds is 9. The van der Waals surface area contributed by atoms with Crippen molar-refractivity contribution in [2.24, 2.45) is 0 Å². The maximum atomic E-state index is 13.1. The molecule has 0 aliphatic heterocycles. The molecular weight excluding hydrogens is 564 g/mol. The third-order valence-electron chi connectivity index (χ3n) is 8.15. The van der Waals surface area contributed by atoms with Crippen molar-refractivity contribution >= 4 is 23.1 Å². The molecule has 2 aliphatic carbocycles. The number of carbonyl (C=O) groups excluding carboxylic acids is 2. The molecule has 4 rings (SSSR count). The van der Waals surface area contributed by atoms with Gasteiger partial charge < -0.3 is 28.4 Å². The normalized spacial score (nSPS) is 17.7. The van der Waals surface area contributed by atoms with Crippen LogP contribution in [-0.4, -0.2) is 53.6 Å². The molecule has 0 saturated carbocycles. The summed E-state index contributed by atoms with van der Waals surface area (Å²) >= 11 is 0. The number of benzene rings is 2. The van der Waals surface area contributed by atoms with E-state index in [1.165, 1.54) is 14.2 Å². The molecule has 0 radical (unpaired) electrons. The van der Waals surface area contributed by atoms with E-state index in [0.717, 1.165) is 22.3 Å². The van der Waals surface area contributed by atoms with Gasteiger partial charge in [0.25, 0.3) is 5.70 Å². The number of fused-ring (bicyclic) bond motifs is 2. The molecule has 44 heavy (non-hydrogen) atoms. The fourth-order valence-corrected chi connectivity index (χ4v) is 5.96. The van der Waals surface area contributed by atoms with E-state index in [1.54, 1.807) is 26.4 Å². The van der Waals surface area contributed by atoms with Gasteiger partial charge in [0.15, 0.2) is 23.0 Å². The number of nitriles is 1. The van der Waals surface area contributed by atoms with Gasteiger partial charge in [0.05, 0.1) is 35.0 Å². The quantitative estimate of drug-likeness (QED) is 0.116. The Morgan fingerprint density at radius 2 is 1.16 bits per heavy atom. The van der Waals surface area contributed by atoms with Gasteiger partial charge in [-0.3, -0.25) is 4.79 Å². The van der Waals surface area contributed by atoms with Gasteiger partial charge in [-0.25, -0.2) is 9.64 Å². The maximum absolute atomic E-state index is 13.1. The zero-order valence-electron chi connectivity index (χ0n) is 26.3. The Balaban J connectivity index is 1.51. The van der Waals surface area contributed by atoms with Crippen LogP contribution in [0.1, 0.15) is 62.8 Å². The Morgan fingerprint density at radius 1 is 0.750 bits per heavy atom. The first-order valence-corrected chi connectivity index (χ1v) is 14.0. The van der Waals surface area contributed by atoms with Crippen molar-refractivity contribution in [1.82, 2.24) is 0 Å². The summed E-state index contributed by atoms with van der Waals surface area (Å²) in [6.07, 6.45) is 0.871. The zero-order valence-corrected chi connectivity index (χ0v) is 26.3. The summed E-state index contributed by atoms with van der Waals surface area (Å²) in [4.78, 5) is 29.6. The smallest absolute Gasteiger partial charge is 0.349 e. The highest BCUT2D eigenvalue weighted by Crippen LogP contribution is 2.51. The molecule has 0 fully saturated rings. The Bertz CT molecular complexity index is 1540. The van der Waals surface area contributed by atoms with Crippen molar-refractivity contribution in [2.45, 2.75) is 51.4 Å². The number of methoxy groups -OCH3 is 4. The standard InChI is InChI=1S/C34H36N2O8/c1-33(2)16-21(19-12-26(39-6)28(41-8)14-24(19)33)23(18-35)31(37)43-10-11-44-32(38)30(36-5)22-17-34(3,4)25-15-29(42-9)27(40-7)13-20(22)25/h12-15H,10-11,16-17H2,1-4,6-9H3. The molecule has 2 aromatic rings. The molecule has 10 heteroatoms. The highest BCUT2D eigenvalue weighted by Gasteiger charge is 2.39. The van der Waals surface area contributed by atoms with E-state index in [0.29, 0.717) is 47.0 Å². The zero-order chi connectivity index (χ0) is 32.4. The molecule has 0 N–H and O–H groups in total. The molecule has 2 aromatic carbocycles. The van der Waals surface area contributed by atoms with E-state index in [2.05, 4.69) is 4.85 Å². The molecule has 0 spiro atoms. The number of hydrogen-bond donors (Lipinski definition) is 0. The van der Waals surface area contributed by atoms with Crippen molar-refractivity contribution < 1.29 is 38.0 Å². The van der Waals surface area contributed by atoms with Crippen molar-refractivity contribution in [3.63, 3.8) is 0 Å². The Labute approximate surface area is 257 Å². The van der Waals surface area contributed by atoms with Gasteiger partial charge in [0, 0.05) is 0 Å². The van der Waals surface area contributed by atoms with Crippen molar-refractivity contribution in [1.29, 1.82) is 5.26 Å². The van der Waals surface area contributed by atoms with Crippen LogP contribution >= 0.6 is 0 Å². The topological polar surface area (TPSA) is 118 Å². The highest BCUT2D eigenvalue weighted by atomic mass is 16.6. The van der Waals surface area contributed by atoms with Gasteiger partial charge in [0.2, 0.25) is 0 Å². The molecule has 2 aliphatic rings. The fraction of sp³-hybridized carbons (Fsp3) is 0.412. The first-order valence-electron chi connectivity index (χ1n) is 14.0. The summed E-state index contributed by atoms with van der Waals surface area (Å²) < 4.78 is 32.5. The van der Waals surface area contributed by atoms with Crippen molar-refractivity contribution in [2.75, 3.05) is 41.7 Å². The molecule has 0 bridgehead atoms. The first kappa shape index (κ1) is 32.0. The molecule has 0 amide bonds. The molecule has 0 atom stereocenters. The van der Waals surface area contributed by atoms with Gasteiger partial charge in [-0.05, 0) is 81.3 Å². The van der Waals surface area contributed by atoms with Crippen LogP contribution in [0.5, 0.6) is 23.0 Å². The molecule has 10 nitrogen and oxygen atoms in total. The van der Waals surface area contributed by atoms with Gasteiger partial charge in [0.1, 0.15) is 24.9 Å². The average molecular weight is 601 g/mol. The van der Waals surface area contributed by atoms with E-state index >= 15 is 0 Å². The lowest BCUT2D eigenvalue weighted by atomic mass is 9.86. The molecule has 230 valence electrons. The predicted octanol–water partition coefficient (Wildman–Crippen LogP) is 5.78. The Morgan fingerprint density at radius 3 is 1.59 bits per heavy atom. The monoisotopic (exact) mass is 600 g/mol. The summed E-state index contributed by atoms with van der Waals surface area (Å²) in [5, 5.41) is 9.94. The SMILES string of the molecule is [C-]#[N+]C(C(=O)OCCOC(=O)C(C#N)=C1CC(C)(C)c2cc(OC)c(OC)cc21)=C1CC(C)(C)c2cc(OC)c(OC)cc21. The van der Waals surface area contributed by atoms with Crippen molar-refractivity contribution in [3.05, 3.63) is 69.2 Å². The second-order valence-electron chi connectivity index (χ2n) is 11.8. The fourth-order valence-electron chi connectivity index (χ4n) is 5.96.